The molecule has 0 bridgehead atoms. The van der Waals surface area contributed by atoms with Gasteiger partial charge in [-0.1, -0.05) is 29.4 Å². The van der Waals surface area contributed by atoms with Crippen LogP contribution in [-0.2, 0) is 12.8 Å². The molecule has 18 heavy (non-hydrogen) atoms. The Kier molecular flexibility index (Phi) is 3.83. The maximum absolute atomic E-state index is 11.1. The van der Waals surface area contributed by atoms with Crippen LogP contribution in [-0.4, -0.2) is 19.7 Å². The highest BCUT2D eigenvalue weighted by atomic mass is 35.5. The predicted molar refractivity (Wildman–Crippen MR) is 68.9 cm³/mol. The number of hydrogen-bond acceptors (Lipinski definition) is 5. The van der Waals surface area contributed by atoms with Crippen molar-refractivity contribution in [2.45, 2.75) is 10.9 Å². The SMILES string of the molecule is Cn1[nH]c(=O)c(=O)nc1SCc1cccc(Cl)n1. The number of pyridine rings is 1. The molecule has 0 saturated heterocycles. The smallest absolute Gasteiger partial charge is 0.265 e. The average molecular weight is 285 g/mol. The number of aromatic nitrogens is 4. The summed E-state index contributed by atoms with van der Waals surface area (Å²) in [6.45, 7) is 0. The maximum Gasteiger partial charge on any atom is 0.339 e. The Morgan fingerprint density at radius 2 is 2.17 bits per heavy atom. The van der Waals surface area contributed by atoms with Crippen LogP contribution in [0.5, 0.6) is 0 Å². The van der Waals surface area contributed by atoms with Crippen LogP contribution in [0.2, 0.25) is 5.15 Å². The summed E-state index contributed by atoms with van der Waals surface area (Å²) in [4.78, 5) is 30.0. The molecular weight excluding hydrogens is 276 g/mol. The van der Waals surface area contributed by atoms with Gasteiger partial charge in [-0.2, -0.15) is 4.98 Å². The van der Waals surface area contributed by atoms with Gasteiger partial charge < -0.3 is 0 Å². The Morgan fingerprint density at radius 3 is 2.89 bits per heavy atom. The third kappa shape index (κ3) is 2.99. The van der Waals surface area contributed by atoms with E-state index in [2.05, 4.69) is 15.1 Å². The summed E-state index contributed by atoms with van der Waals surface area (Å²) in [7, 11) is 1.61. The van der Waals surface area contributed by atoms with Crippen LogP contribution in [0.4, 0.5) is 0 Å². The van der Waals surface area contributed by atoms with Crippen LogP contribution in [0.3, 0.4) is 0 Å². The van der Waals surface area contributed by atoms with Gasteiger partial charge in [0, 0.05) is 12.8 Å². The zero-order valence-electron chi connectivity index (χ0n) is 9.38. The van der Waals surface area contributed by atoms with Crippen molar-refractivity contribution in [1.82, 2.24) is 19.7 Å². The normalized spacial score (nSPS) is 10.6. The lowest BCUT2D eigenvalue weighted by molar-refractivity contribution is 0.596. The molecular formula is C10H9ClN4O2S. The minimum atomic E-state index is -0.797. The quantitative estimate of drug-likeness (QED) is 0.512. The highest BCUT2D eigenvalue weighted by Gasteiger charge is 2.05. The van der Waals surface area contributed by atoms with Crippen LogP contribution in [0.1, 0.15) is 5.69 Å². The first-order valence-corrected chi connectivity index (χ1v) is 6.34. The average Bonchev–Trinajstić information content (AvgIpc) is 2.32. The molecule has 6 nitrogen and oxygen atoms in total. The summed E-state index contributed by atoms with van der Waals surface area (Å²) >= 11 is 7.06. The number of aryl methyl sites for hydroxylation is 1. The van der Waals surface area contributed by atoms with Crippen molar-refractivity contribution < 1.29 is 0 Å². The van der Waals surface area contributed by atoms with Crippen LogP contribution in [0.15, 0.2) is 32.9 Å². The highest BCUT2D eigenvalue weighted by Crippen LogP contribution is 2.18. The Hall–Kier alpha value is -1.60. The van der Waals surface area contributed by atoms with Gasteiger partial charge in [-0.05, 0) is 12.1 Å². The number of aromatic amines is 1. The first-order chi connectivity index (χ1) is 8.56. The number of H-pyrrole nitrogens is 1. The maximum atomic E-state index is 11.1. The lowest BCUT2D eigenvalue weighted by atomic mass is 10.4. The molecule has 0 radical (unpaired) electrons. The molecule has 0 amide bonds. The summed E-state index contributed by atoms with van der Waals surface area (Å²) < 4.78 is 1.40. The van der Waals surface area contributed by atoms with E-state index < -0.39 is 11.1 Å². The fraction of sp³-hybridized carbons (Fsp3) is 0.200. The van der Waals surface area contributed by atoms with Crippen molar-refractivity contribution in [3.63, 3.8) is 0 Å². The van der Waals surface area contributed by atoms with E-state index >= 15 is 0 Å². The van der Waals surface area contributed by atoms with E-state index in [9.17, 15) is 9.59 Å². The molecule has 0 aliphatic rings. The fourth-order valence-corrected chi connectivity index (χ4v) is 2.26. The summed E-state index contributed by atoms with van der Waals surface area (Å²) in [6.07, 6.45) is 0. The second kappa shape index (κ2) is 5.36. The van der Waals surface area contributed by atoms with E-state index in [1.807, 2.05) is 6.07 Å². The van der Waals surface area contributed by atoms with E-state index in [0.29, 0.717) is 16.1 Å². The summed E-state index contributed by atoms with van der Waals surface area (Å²) in [6, 6.07) is 5.30. The molecule has 2 aromatic rings. The second-order valence-corrected chi connectivity index (χ2v) is 4.77. The first kappa shape index (κ1) is 12.8. The van der Waals surface area contributed by atoms with Gasteiger partial charge in [0.25, 0.3) is 0 Å². The molecule has 0 spiro atoms. The highest BCUT2D eigenvalue weighted by molar-refractivity contribution is 7.98. The number of halogens is 1. The van der Waals surface area contributed by atoms with E-state index in [4.69, 9.17) is 11.6 Å². The van der Waals surface area contributed by atoms with Gasteiger partial charge in [-0.25, -0.2) is 4.98 Å². The van der Waals surface area contributed by atoms with Gasteiger partial charge >= 0.3 is 11.1 Å². The molecule has 8 heteroatoms. The molecule has 2 rings (SSSR count). The van der Waals surface area contributed by atoms with Gasteiger partial charge in [0.15, 0.2) is 5.16 Å². The number of rotatable bonds is 3. The topological polar surface area (TPSA) is 80.6 Å². The molecule has 0 aromatic carbocycles. The standard InChI is InChI=1S/C10H9ClN4O2S/c1-15-10(13-8(16)9(17)14-15)18-5-6-3-2-4-7(11)12-6/h2-4H,5H2,1H3,(H,14,17). The van der Waals surface area contributed by atoms with Crippen LogP contribution in [0, 0.1) is 0 Å². The summed E-state index contributed by atoms with van der Waals surface area (Å²) in [5.41, 5.74) is -0.759. The largest absolute Gasteiger partial charge is 0.339 e. The first-order valence-electron chi connectivity index (χ1n) is 4.98. The van der Waals surface area contributed by atoms with Gasteiger partial charge in [0.05, 0.1) is 5.69 Å². The second-order valence-electron chi connectivity index (χ2n) is 3.44. The minimum Gasteiger partial charge on any atom is -0.265 e. The van der Waals surface area contributed by atoms with Gasteiger partial charge in [0.1, 0.15) is 5.15 Å². The van der Waals surface area contributed by atoms with Crippen LogP contribution in [0.25, 0.3) is 0 Å². The Morgan fingerprint density at radius 1 is 1.39 bits per heavy atom. The summed E-state index contributed by atoms with van der Waals surface area (Å²) in [5, 5.41) is 3.20. The van der Waals surface area contributed by atoms with Crippen LogP contribution < -0.4 is 11.1 Å². The number of nitrogens with zero attached hydrogens (tertiary/aromatic N) is 3. The Labute approximate surface area is 111 Å². The molecule has 0 fully saturated rings. The molecule has 94 valence electrons. The van der Waals surface area contributed by atoms with Gasteiger partial charge in [-0.3, -0.25) is 19.4 Å². The third-order valence-electron chi connectivity index (χ3n) is 2.07. The summed E-state index contributed by atoms with van der Waals surface area (Å²) in [5.74, 6) is 0.507. The van der Waals surface area contributed by atoms with E-state index in [1.165, 1.54) is 16.4 Å². The van der Waals surface area contributed by atoms with Crippen LogP contribution >= 0.6 is 23.4 Å². The van der Waals surface area contributed by atoms with E-state index in [1.54, 1.807) is 19.2 Å². The van der Waals surface area contributed by atoms with E-state index in [0.717, 1.165) is 5.69 Å². The van der Waals surface area contributed by atoms with E-state index in [-0.39, 0.29) is 0 Å². The number of nitrogens with one attached hydrogen (secondary N) is 1. The molecule has 0 aliphatic carbocycles. The molecule has 0 unspecified atom stereocenters. The molecule has 0 saturated carbocycles. The van der Waals surface area contributed by atoms with Crippen molar-refractivity contribution in [2.24, 2.45) is 7.05 Å². The van der Waals surface area contributed by atoms with Crippen molar-refractivity contribution in [2.75, 3.05) is 0 Å². The van der Waals surface area contributed by atoms with Crippen molar-refractivity contribution in [3.05, 3.63) is 49.8 Å². The predicted octanol–water partition coefficient (Wildman–Crippen LogP) is 0.809. The Balaban J connectivity index is 2.18. The third-order valence-corrected chi connectivity index (χ3v) is 3.34. The monoisotopic (exact) mass is 284 g/mol. The van der Waals surface area contributed by atoms with Crippen molar-refractivity contribution >= 4 is 23.4 Å². The molecule has 0 aliphatic heterocycles. The van der Waals surface area contributed by atoms with Gasteiger partial charge in [-0.15, -0.1) is 0 Å². The zero-order chi connectivity index (χ0) is 13.1. The van der Waals surface area contributed by atoms with Gasteiger partial charge in [0.2, 0.25) is 0 Å². The molecule has 2 aromatic heterocycles. The molecule has 1 N–H and O–H groups in total. The molecule has 2 heterocycles. The number of hydrogen-bond donors (Lipinski definition) is 1. The fourth-order valence-electron chi connectivity index (χ4n) is 1.26. The Bertz CT molecular complexity index is 682. The zero-order valence-corrected chi connectivity index (χ0v) is 11.0. The lowest BCUT2D eigenvalue weighted by Crippen LogP contribution is -2.33. The number of thioether (sulfide) groups is 1. The van der Waals surface area contributed by atoms with Crippen molar-refractivity contribution in [3.8, 4) is 0 Å². The van der Waals surface area contributed by atoms with Crippen molar-refractivity contribution in [1.29, 1.82) is 0 Å². The lowest BCUT2D eigenvalue weighted by Gasteiger charge is -2.05. The minimum absolute atomic E-state index is 0.413. The molecule has 0 atom stereocenters.